The van der Waals surface area contributed by atoms with Crippen LogP contribution in [-0.2, 0) is 16.1 Å². The second kappa shape index (κ2) is 8.84. The molecule has 2 N–H and O–H groups in total. The van der Waals surface area contributed by atoms with Gasteiger partial charge in [0.25, 0.3) is 0 Å². The van der Waals surface area contributed by atoms with E-state index in [1.54, 1.807) is 19.2 Å². The minimum absolute atomic E-state index is 0.0547. The van der Waals surface area contributed by atoms with Crippen molar-refractivity contribution in [1.29, 1.82) is 0 Å². The molecule has 0 radical (unpaired) electrons. The fraction of sp³-hybridized carbons (Fsp3) is 0.375. The second-order valence-corrected chi connectivity index (χ2v) is 6.04. The van der Waals surface area contributed by atoms with E-state index in [2.05, 4.69) is 15.9 Å². The molecule has 25 heavy (non-hydrogen) atoms. The smallest absolute Gasteiger partial charge is 0.409 e. The fourth-order valence-corrected chi connectivity index (χ4v) is 2.57. The average molecular weight is 415 g/mol. The van der Waals surface area contributed by atoms with Crippen LogP contribution in [0.1, 0.15) is 5.56 Å². The number of nitrogens with zero attached hydrogens (tertiary/aromatic N) is 1. The van der Waals surface area contributed by atoms with E-state index in [4.69, 9.17) is 24.4 Å². The van der Waals surface area contributed by atoms with Crippen LogP contribution in [0.15, 0.2) is 31.9 Å². The number of rotatable bonds is 7. The molecule has 0 bridgehead atoms. The van der Waals surface area contributed by atoms with Gasteiger partial charge in [-0.2, -0.15) is 0 Å². The molecule has 2 rings (SSSR count). The highest BCUT2D eigenvalue weighted by Crippen LogP contribution is 2.31. The Morgan fingerprint density at radius 3 is 2.80 bits per heavy atom. The quantitative estimate of drug-likeness (QED) is 0.545. The summed E-state index contributed by atoms with van der Waals surface area (Å²) < 4.78 is 21.3. The Kier molecular flexibility index (Phi) is 6.80. The monoisotopic (exact) mass is 414 g/mol. The van der Waals surface area contributed by atoms with Crippen molar-refractivity contribution in [3.8, 4) is 5.75 Å². The van der Waals surface area contributed by atoms with Gasteiger partial charge in [-0.25, -0.2) is 9.59 Å². The van der Waals surface area contributed by atoms with Gasteiger partial charge in [-0.05, 0) is 22.0 Å². The maximum atomic E-state index is 11.9. The van der Waals surface area contributed by atoms with Crippen LogP contribution < -0.4 is 16.1 Å². The number of nitrogens with two attached hydrogens (primary N) is 1. The maximum Gasteiger partial charge on any atom is 0.409 e. The zero-order valence-electron chi connectivity index (χ0n) is 13.9. The number of fused-ring (bicyclic) bond motifs is 1. The molecule has 136 valence electrons. The molecule has 0 aliphatic rings. The number of halogens is 1. The SMILES string of the molecule is COCOc1cc2oc(=O)cc(COC(=O)N(C)CCN)c2cc1Br. The minimum Gasteiger partial charge on any atom is -0.466 e. The van der Waals surface area contributed by atoms with Gasteiger partial charge in [0.15, 0.2) is 6.79 Å². The molecular weight excluding hydrogens is 396 g/mol. The van der Waals surface area contributed by atoms with Crippen LogP contribution in [0, 0.1) is 0 Å². The summed E-state index contributed by atoms with van der Waals surface area (Å²) in [5.74, 6) is 0.467. The van der Waals surface area contributed by atoms with Gasteiger partial charge in [0.2, 0.25) is 0 Å². The third kappa shape index (κ3) is 4.94. The van der Waals surface area contributed by atoms with E-state index in [-0.39, 0.29) is 13.4 Å². The van der Waals surface area contributed by atoms with E-state index >= 15 is 0 Å². The first-order valence-corrected chi connectivity index (χ1v) is 8.21. The van der Waals surface area contributed by atoms with Gasteiger partial charge in [0.05, 0.1) is 4.47 Å². The van der Waals surface area contributed by atoms with Crippen molar-refractivity contribution < 1.29 is 23.4 Å². The van der Waals surface area contributed by atoms with Crippen LogP contribution in [0.4, 0.5) is 4.79 Å². The highest BCUT2D eigenvalue weighted by Gasteiger charge is 2.14. The summed E-state index contributed by atoms with van der Waals surface area (Å²) in [7, 11) is 3.09. The molecule has 0 aliphatic carbocycles. The summed E-state index contributed by atoms with van der Waals surface area (Å²) in [6.45, 7) is 0.697. The van der Waals surface area contributed by atoms with Crippen molar-refractivity contribution in [2.24, 2.45) is 5.73 Å². The van der Waals surface area contributed by atoms with E-state index in [0.717, 1.165) is 0 Å². The van der Waals surface area contributed by atoms with E-state index < -0.39 is 11.7 Å². The summed E-state index contributed by atoms with van der Waals surface area (Å²) in [6, 6.07) is 4.60. The number of carbonyl (C=O) groups excluding carboxylic acids is 1. The molecule has 9 heteroatoms. The van der Waals surface area contributed by atoms with Crippen molar-refractivity contribution in [1.82, 2.24) is 4.90 Å². The molecule has 0 saturated carbocycles. The number of hydrogen-bond donors (Lipinski definition) is 1. The largest absolute Gasteiger partial charge is 0.466 e. The molecule has 1 amide bonds. The second-order valence-electron chi connectivity index (χ2n) is 5.19. The lowest BCUT2D eigenvalue weighted by Gasteiger charge is -2.16. The number of likely N-dealkylation sites (N-methyl/N-ethyl adjacent to an activating group) is 1. The number of amides is 1. The Morgan fingerprint density at radius 2 is 2.12 bits per heavy atom. The summed E-state index contributed by atoms with van der Waals surface area (Å²) in [5.41, 5.74) is 5.71. The summed E-state index contributed by atoms with van der Waals surface area (Å²) >= 11 is 3.39. The predicted molar refractivity (Wildman–Crippen MR) is 94.6 cm³/mol. The van der Waals surface area contributed by atoms with E-state index in [1.165, 1.54) is 18.1 Å². The number of ether oxygens (including phenoxy) is 3. The van der Waals surface area contributed by atoms with Crippen molar-refractivity contribution in [3.63, 3.8) is 0 Å². The highest BCUT2D eigenvalue weighted by atomic mass is 79.9. The highest BCUT2D eigenvalue weighted by molar-refractivity contribution is 9.10. The molecular formula is C16H19BrN2O6. The van der Waals surface area contributed by atoms with E-state index in [9.17, 15) is 9.59 Å². The molecule has 0 atom stereocenters. The standard InChI is InChI=1S/C16H19BrN2O6/c1-19(4-3-18)16(21)23-8-10-5-15(20)25-13-7-14(24-9-22-2)12(17)6-11(10)13/h5-7H,3-4,8-9,18H2,1-2H3. The molecule has 1 aromatic heterocycles. The van der Waals surface area contributed by atoms with Gasteiger partial charge >= 0.3 is 11.7 Å². The van der Waals surface area contributed by atoms with Crippen molar-refractivity contribution in [2.45, 2.75) is 6.61 Å². The van der Waals surface area contributed by atoms with Gasteiger partial charge in [0, 0.05) is 50.3 Å². The molecule has 8 nitrogen and oxygen atoms in total. The average Bonchev–Trinajstić information content (AvgIpc) is 2.58. The molecule has 0 unspecified atom stereocenters. The zero-order chi connectivity index (χ0) is 18.4. The zero-order valence-corrected chi connectivity index (χ0v) is 15.5. The Morgan fingerprint density at radius 1 is 1.36 bits per heavy atom. The molecule has 0 spiro atoms. The maximum absolute atomic E-state index is 11.9. The minimum atomic E-state index is -0.547. The predicted octanol–water partition coefficient (Wildman–Crippen LogP) is 2.07. The van der Waals surface area contributed by atoms with Crippen LogP contribution >= 0.6 is 15.9 Å². The molecule has 0 fully saturated rings. The lowest BCUT2D eigenvalue weighted by atomic mass is 10.1. The lowest BCUT2D eigenvalue weighted by Crippen LogP contribution is -2.32. The first-order valence-electron chi connectivity index (χ1n) is 7.42. The first-order chi connectivity index (χ1) is 12.0. The van der Waals surface area contributed by atoms with Crippen LogP contribution in [-0.4, -0.2) is 45.0 Å². The Hall–Kier alpha value is -2.10. The van der Waals surface area contributed by atoms with Crippen molar-refractivity contribution >= 4 is 33.0 Å². The van der Waals surface area contributed by atoms with E-state index in [1.807, 2.05) is 0 Å². The van der Waals surface area contributed by atoms with Gasteiger partial charge < -0.3 is 29.3 Å². The number of benzene rings is 1. The third-order valence-corrected chi connectivity index (χ3v) is 3.96. The van der Waals surface area contributed by atoms with Crippen LogP contribution in [0.25, 0.3) is 11.0 Å². The Bertz CT molecular complexity index is 807. The van der Waals surface area contributed by atoms with Crippen LogP contribution in [0.3, 0.4) is 0 Å². The summed E-state index contributed by atoms with van der Waals surface area (Å²) in [6.07, 6.45) is -0.522. The molecule has 2 aromatic rings. The van der Waals surface area contributed by atoms with E-state index in [0.29, 0.717) is 39.8 Å². The lowest BCUT2D eigenvalue weighted by molar-refractivity contribution is 0.0506. The molecule has 1 heterocycles. The van der Waals surface area contributed by atoms with Gasteiger partial charge in [-0.15, -0.1) is 0 Å². The van der Waals surface area contributed by atoms with Gasteiger partial charge in [-0.1, -0.05) is 0 Å². The normalized spacial score (nSPS) is 10.7. The van der Waals surface area contributed by atoms with Crippen LogP contribution in [0.2, 0.25) is 0 Å². The number of methoxy groups -OCH3 is 1. The third-order valence-electron chi connectivity index (χ3n) is 3.34. The molecule has 0 aliphatic heterocycles. The summed E-state index contributed by atoms with van der Waals surface area (Å²) in [5, 5.41) is 0.630. The first kappa shape index (κ1) is 19.2. The van der Waals surface area contributed by atoms with Crippen LogP contribution in [0.5, 0.6) is 5.75 Å². The van der Waals surface area contributed by atoms with Crippen molar-refractivity contribution in [3.05, 3.63) is 38.7 Å². The fourth-order valence-electron chi connectivity index (χ4n) is 2.12. The Balaban J connectivity index is 2.29. The van der Waals surface area contributed by atoms with Crippen molar-refractivity contribution in [2.75, 3.05) is 34.0 Å². The van der Waals surface area contributed by atoms with Gasteiger partial charge in [-0.3, -0.25) is 0 Å². The Labute approximate surface area is 152 Å². The molecule has 0 saturated heterocycles. The topological polar surface area (TPSA) is 104 Å². The number of carbonyl (C=O) groups is 1. The summed E-state index contributed by atoms with van der Waals surface area (Å²) in [4.78, 5) is 25.0. The molecule has 1 aromatic carbocycles. The van der Waals surface area contributed by atoms with Gasteiger partial charge in [0.1, 0.15) is 17.9 Å². The number of hydrogen-bond acceptors (Lipinski definition) is 7.